The molecule has 0 spiro atoms. The second-order valence-corrected chi connectivity index (χ2v) is 6.79. The normalized spacial score (nSPS) is 12.9. The SMILES string of the molecule is Cc1c(O)cc(C(C)(C)C)c(C(C)(C)C)c1O. The summed E-state index contributed by atoms with van der Waals surface area (Å²) >= 11 is 0. The van der Waals surface area contributed by atoms with Crippen LogP contribution < -0.4 is 0 Å². The fourth-order valence-corrected chi connectivity index (χ4v) is 2.10. The summed E-state index contributed by atoms with van der Waals surface area (Å²) < 4.78 is 0. The van der Waals surface area contributed by atoms with Gasteiger partial charge < -0.3 is 10.2 Å². The first-order chi connectivity index (χ1) is 7.46. The van der Waals surface area contributed by atoms with E-state index in [1.54, 1.807) is 13.0 Å². The van der Waals surface area contributed by atoms with Crippen LogP contribution in [0.25, 0.3) is 0 Å². The van der Waals surface area contributed by atoms with Crippen molar-refractivity contribution in [1.29, 1.82) is 0 Å². The fourth-order valence-electron chi connectivity index (χ4n) is 2.10. The van der Waals surface area contributed by atoms with Gasteiger partial charge in [0.1, 0.15) is 11.5 Å². The van der Waals surface area contributed by atoms with E-state index in [4.69, 9.17) is 0 Å². The lowest BCUT2D eigenvalue weighted by Gasteiger charge is -2.31. The molecule has 0 aliphatic rings. The molecule has 2 nitrogen and oxygen atoms in total. The number of phenols is 2. The first-order valence-electron chi connectivity index (χ1n) is 6.02. The van der Waals surface area contributed by atoms with Crippen LogP contribution in [-0.4, -0.2) is 10.2 Å². The minimum atomic E-state index is -0.148. The van der Waals surface area contributed by atoms with Crippen LogP contribution in [0, 0.1) is 6.92 Å². The second kappa shape index (κ2) is 3.94. The third-order valence-corrected chi connectivity index (χ3v) is 3.08. The highest BCUT2D eigenvalue weighted by Crippen LogP contribution is 2.44. The molecular weight excluding hydrogens is 212 g/mol. The molecule has 0 fully saturated rings. The lowest BCUT2D eigenvalue weighted by Crippen LogP contribution is -2.22. The zero-order valence-electron chi connectivity index (χ0n) is 12.0. The van der Waals surface area contributed by atoms with Crippen molar-refractivity contribution >= 4 is 0 Å². The van der Waals surface area contributed by atoms with Crippen LogP contribution in [0.4, 0.5) is 0 Å². The maximum Gasteiger partial charge on any atom is 0.126 e. The lowest BCUT2D eigenvalue weighted by molar-refractivity contribution is 0.414. The van der Waals surface area contributed by atoms with Crippen LogP contribution in [0.2, 0.25) is 0 Å². The van der Waals surface area contributed by atoms with Crippen molar-refractivity contribution in [3.8, 4) is 11.5 Å². The Morgan fingerprint density at radius 2 is 1.35 bits per heavy atom. The minimum Gasteiger partial charge on any atom is -0.508 e. The van der Waals surface area contributed by atoms with Crippen molar-refractivity contribution in [1.82, 2.24) is 0 Å². The van der Waals surface area contributed by atoms with Gasteiger partial charge in [-0.2, -0.15) is 0 Å². The third-order valence-electron chi connectivity index (χ3n) is 3.08. The molecule has 1 aromatic rings. The highest BCUT2D eigenvalue weighted by Gasteiger charge is 2.30. The third kappa shape index (κ3) is 2.56. The van der Waals surface area contributed by atoms with Gasteiger partial charge in [-0.3, -0.25) is 0 Å². The van der Waals surface area contributed by atoms with Gasteiger partial charge in [0, 0.05) is 11.1 Å². The van der Waals surface area contributed by atoms with Gasteiger partial charge in [0.2, 0.25) is 0 Å². The maximum atomic E-state index is 10.3. The molecule has 0 aliphatic carbocycles. The van der Waals surface area contributed by atoms with Crippen LogP contribution in [0.1, 0.15) is 58.2 Å². The van der Waals surface area contributed by atoms with Gasteiger partial charge in [-0.1, -0.05) is 41.5 Å². The van der Waals surface area contributed by atoms with Crippen LogP contribution in [0.5, 0.6) is 11.5 Å². The summed E-state index contributed by atoms with van der Waals surface area (Å²) in [6.45, 7) is 14.2. The standard InChI is InChI=1S/C15H24O2/c1-9-11(16)8-10(14(2,3)4)12(13(9)17)15(5,6)7/h8,16-17H,1-7H3. The van der Waals surface area contributed by atoms with E-state index in [9.17, 15) is 10.2 Å². The summed E-state index contributed by atoms with van der Waals surface area (Å²) in [6, 6.07) is 1.79. The highest BCUT2D eigenvalue weighted by atomic mass is 16.3. The Morgan fingerprint density at radius 3 is 1.71 bits per heavy atom. The second-order valence-electron chi connectivity index (χ2n) is 6.79. The van der Waals surface area contributed by atoms with E-state index in [0.29, 0.717) is 5.56 Å². The first-order valence-corrected chi connectivity index (χ1v) is 6.02. The average molecular weight is 236 g/mol. The molecule has 2 heteroatoms. The summed E-state index contributed by atoms with van der Waals surface area (Å²) in [5.74, 6) is 0.392. The smallest absolute Gasteiger partial charge is 0.126 e. The van der Waals surface area contributed by atoms with Crippen LogP contribution >= 0.6 is 0 Å². The largest absolute Gasteiger partial charge is 0.508 e. The van der Waals surface area contributed by atoms with E-state index in [1.807, 2.05) is 0 Å². The van der Waals surface area contributed by atoms with Crippen molar-refractivity contribution in [2.24, 2.45) is 0 Å². The Hall–Kier alpha value is -1.18. The van der Waals surface area contributed by atoms with Gasteiger partial charge in [-0.15, -0.1) is 0 Å². The lowest BCUT2D eigenvalue weighted by atomic mass is 9.74. The van der Waals surface area contributed by atoms with E-state index >= 15 is 0 Å². The molecule has 96 valence electrons. The number of hydrogen-bond acceptors (Lipinski definition) is 2. The van der Waals surface area contributed by atoms with Crippen molar-refractivity contribution in [3.63, 3.8) is 0 Å². The van der Waals surface area contributed by atoms with Crippen molar-refractivity contribution in [2.45, 2.75) is 59.3 Å². The summed E-state index contributed by atoms with van der Waals surface area (Å²) in [6.07, 6.45) is 0. The zero-order chi connectivity index (χ0) is 13.6. The molecule has 0 heterocycles. The Balaban J connectivity index is 3.71. The highest BCUT2D eigenvalue weighted by molar-refractivity contribution is 5.56. The maximum absolute atomic E-state index is 10.3. The molecule has 1 rings (SSSR count). The Kier molecular flexibility index (Phi) is 3.21. The molecule has 0 saturated heterocycles. The minimum absolute atomic E-state index is 0.106. The Bertz CT molecular complexity index is 432. The summed E-state index contributed by atoms with van der Waals surface area (Å²) in [4.78, 5) is 0. The average Bonchev–Trinajstić information content (AvgIpc) is 2.09. The summed E-state index contributed by atoms with van der Waals surface area (Å²) in [5, 5.41) is 20.2. The predicted octanol–water partition coefficient (Wildman–Crippen LogP) is 4.00. The van der Waals surface area contributed by atoms with E-state index in [2.05, 4.69) is 41.5 Å². The molecule has 17 heavy (non-hydrogen) atoms. The van der Waals surface area contributed by atoms with Crippen molar-refractivity contribution < 1.29 is 10.2 Å². The number of hydrogen-bond donors (Lipinski definition) is 2. The summed E-state index contributed by atoms with van der Waals surface area (Å²) in [7, 11) is 0. The quantitative estimate of drug-likeness (QED) is 0.714. The van der Waals surface area contributed by atoms with E-state index < -0.39 is 0 Å². The first kappa shape index (κ1) is 13.9. The van der Waals surface area contributed by atoms with E-state index in [0.717, 1.165) is 11.1 Å². The number of rotatable bonds is 0. The number of aromatic hydroxyl groups is 2. The fraction of sp³-hybridized carbons (Fsp3) is 0.600. The molecular formula is C15H24O2. The molecule has 0 amide bonds. The van der Waals surface area contributed by atoms with Gasteiger partial charge in [0.25, 0.3) is 0 Å². The molecule has 0 bridgehead atoms. The zero-order valence-corrected chi connectivity index (χ0v) is 12.0. The van der Waals surface area contributed by atoms with E-state index in [1.165, 1.54) is 0 Å². The van der Waals surface area contributed by atoms with Gasteiger partial charge in [-0.25, -0.2) is 0 Å². The molecule has 0 aliphatic heterocycles. The number of phenolic OH excluding ortho intramolecular Hbond substituents is 2. The van der Waals surface area contributed by atoms with Crippen molar-refractivity contribution in [2.75, 3.05) is 0 Å². The molecule has 0 aromatic heterocycles. The number of benzene rings is 1. The van der Waals surface area contributed by atoms with Crippen LogP contribution in [0.15, 0.2) is 6.07 Å². The van der Waals surface area contributed by atoms with Gasteiger partial charge in [-0.05, 0) is 29.4 Å². The molecule has 0 atom stereocenters. The monoisotopic (exact) mass is 236 g/mol. The molecule has 0 unspecified atom stereocenters. The van der Waals surface area contributed by atoms with Crippen molar-refractivity contribution in [3.05, 3.63) is 22.8 Å². The van der Waals surface area contributed by atoms with Crippen LogP contribution in [-0.2, 0) is 10.8 Å². The molecule has 2 N–H and O–H groups in total. The van der Waals surface area contributed by atoms with Gasteiger partial charge in [0.05, 0.1) is 0 Å². The predicted molar refractivity (Wildman–Crippen MR) is 71.9 cm³/mol. The molecule has 0 saturated carbocycles. The molecule has 0 radical (unpaired) electrons. The van der Waals surface area contributed by atoms with E-state index in [-0.39, 0.29) is 22.3 Å². The molecule has 1 aromatic carbocycles. The van der Waals surface area contributed by atoms with Gasteiger partial charge >= 0.3 is 0 Å². The summed E-state index contributed by atoms with van der Waals surface area (Å²) in [5.41, 5.74) is 2.24. The topological polar surface area (TPSA) is 40.5 Å². The van der Waals surface area contributed by atoms with Gasteiger partial charge in [0.15, 0.2) is 0 Å². The Labute approximate surface area is 104 Å². The Morgan fingerprint density at radius 1 is 0.882 bits per heavy atom. The van der Waals surface area contributed by atoms with Crippen LogP contribution in [0.3, 0.4) is 0 Å².